The third-order valence-corrected chi connectivity index (χ3v) is 3.87. The van der Waals surface area contributed by atoms with Gasteiger partial charge in [-0.2, -0.15) is 0 Å². The fourth-order valence-corrected chi connectivity index (χ4v) is 2.65. The number of ether oxygens (including phenoxy) is 2. The van der Waals surface area contributed by atoms with Crippen molar-refractivity contribution in [2.75, 3.05) is 18.5 Å². The van der Waals surface area contributed by atoms with E-state index in [1.165, 1.54) is 0 Å². The van der Waals surface area contributed by atoms with Gasteiger partial charge >= 0.3 is 0 Å². The van der Waals surface area contributed by atoms with Gasteiger partial charge in [-0.25, -0.2) is 4.99 Å². The molecule has 0 amide bonds. The summed E-state index contributed by atoms with van der Waals surface area (Å²) in [5.41, 5.74) is 7.74. The smallest absolute Gasteiger partial charge is 0.193 e. The third-order valence-electron chi connectivity index (χ3n) is 3.87. The van der Waals surface area contributed by atoms with Gasteiger partial charge in [0.15, 0.2) is 11.8 Å². The molecule has 3 N–H and O–H groups in total. The summed E-state index contributed by atoms with van der Waals surface area (Å²) >= 11 is 0. The number of rotatable bonds is 8. The van der Waals surface area contributed by atoms with E-state index in [9.17, 15) is 0 Å². The van der Waals surface area contributed by atoms with Gasteiger partial charge < -0.3 is 20.5 Å². The lowest BCUT2D eigenvalue weighted by Gasteiger charge is -2.14. The predicted octanol–water partition coefficient (Wildman–Crippen LogP) is 2.99. The number of hydrogen-bond acceptors (Lipinski definition) is 5. The van der Waals surface area contributed by atoms with Crippen LogP contribution in [-0.2, 0) is 6.54 Å². The highest BCUT2D eigenvalue weighted by Gasteiger charge is 2.09. The van der Waals surface area contributed by atoms with Crippen LogP contribution in [-0.4, -0.2) is 33.9 Å². The highest BCUT2D eigenvalue weighted by molar-refractivity contribution is 5.94. The average Bonchev–Trinajstić information content (AvgIpc) is 3.18. The molecular weight excluding hydrogens is 356 g/mol. The van der Waals surface area contributed by atoms with Crippen LogP contribution in [0.1, 0.15) is 19.7 Å². The summed E-state index contributed by atoms with van der Waals surface area (Å²) in [6.07, 6.45) is 1.66. The van der Waals surface area contributed by atoms with E-state index in [-0.39, 0.29) is 12.5 Å². The van der Waals surface area contributed by atoms with Gasteiger partial charge in [-0.1, -0.05) is 18.2 Å². The molecule has 146 valence electrons. The predicted molar refractivity (Wildman–Crippen MR) is 109 cm³/mol. The fraction of sp³-hybridized carbons (Fsp3) is 0.250. The number of benzene rings is 2. The topological polar surface area (TPSA) is 99.6 Å². The molecule has 3 rings (SSSR count). The van der Waals surface area contributed by atoms with Crippen molar-refractivity contribution in [2.24, 2.45) is 10.7 Å². The molecule has 0 radical (unpaired) electrons. The Kier molecular flexibility index (Phi) is 6.46. The monoisotopic (exact) mass is 380 g/mol. The van der Waals surface area contributed by atoms with Crippen LogP contribution in [0.3, 0.4) is 0 Å². The Labute approximate surface area is 164 Å². The quantitative estimate of drug-likeness (QED) is 0.460. The Morgan fingerprint density at radius 1 is 1.11 bits per heavy atom. The summed E-state index contributed by atoms with van der Waals surface area (Å²) in [6, 6.07) is 15.4. The van der Waals surface area contributed by atoms with Crippen molar-refractivity contribution in [3.8, 4) is 17.2 Å². The number of aromatic nitrogens is 3. The zero-order valence-electron chi connectivity index (χ0n) is 16.0. The second-order valence-electron chi connectivity index (χ2n) is 5.80. The first-order chi connectivity index (χ1) is 13.7. The highest BCUT2D eigenvalue weighted by atomic mass is 16.5. The van der Waals surface area contributed by atoms with Gasteiger partial charge in [0, 0.05) is 11.8 Å². The van der Waals surface area contributed by atoms with Gasteiger partial charge in [-0.05, 0) is 38.1 Å². The molecule has 0 aliphatic rings. The Morgan fingerprint density at radius 2 is 1.89 bits per heavy atom. The largest absolute Gasteiger partial charge is 0.494 e. The summed E-state index contributed by atoms with van der Waals surface area (Å²) in [5.74, 6) is 2.34. The number of hydrogen-bond donors (Lipinski definition) is 2. The second kappa shape index (κ2) is 9.40. The van der Waals surface area contributed by atoms with Gasteiger partial charge in [-0.15, -0.1) is 10.2 Å². The van der Waals surface area contributed by atoms with E-state index >= 15 is 0 Å². The van der Waals surface area contributed by atoms with E-state index in [1.54, 1.807) is 6.33 Å². The lowest BCUT2D eigenvalue weighted by atomic mass is 10.2. The third kappa shape index (κ3) is 4.79. The number of guanidine groups is 1. The Morgan fingerprint density at radius 3 is 2.64 bits per heavy atom. The van der Waals surface area contributed by atoms with E-state index in [0.29, 0.717) is 30.5 Å². The van der Waals surface area contributed by atoms with Gasteiger partial charge in [0.2, 0.25) is 0 Å². The molecule has 0 aliphatic carbocycles. The fourth-order valence-electron chi connectivity index (χ4n) is 2.65. The maximum atomic E-state index is 6.09. The molecular formula is C20H24N6O2. The maximum Gasteiger partial charge on any atom is 0.193 e. The molecule has 0 saturated heterocycles. The summed E-state index contributed by atoms with van der Waals surface area (Å²) in [5, 5.41) is 11.2. The summed E-state index contributed by atoms with van der Waals surface area (Å²) in [7, 11) is 0. The molecule has 0 unspecified atom stereocenters. The molecule has 0 fully saturated rings. The van der Waals surface area contributed by atoms with Gasteiger partial charge in [0.05, 0.1) is 18.9 Å². The first kappa shape index (κ1) is 19.2. The molecule has 0 spiro atoms. The second-order valence-corrected chi connectivity index (χ2v) is 5.80. The molecule has 1 heterocycles. The number of nitrogens with one attached hydrogen (secondary N) is 1. The van der Waals surface area contributed by atoms with Crippen molar-refractivity contribution in [3.05, 3.63) is 60.7 Å². The van der Waals surface area contributed by atoms with E-state index in [1.807, 2.05) is 66.9 Å². The summed E-state index contributed by atoms with van der Waals surface area (Å²) < 4.78 is 13.1. The normalized spacial score (nSPS) is 11.3. The van der Waals surface area contributed by atoms with Gasteiger partial charge in [0.25, 0.3) is 0 Å². The zero-order valence-corrected chi connectivity index (χ0v) is 16.0. The number of para-hydroxylation sites is 1. The number of aliphatic imine (C=N–C) groups is 1. The van der Waals surface area contributed by atoms with Crippen molar-refractivity contribution in [1.29, 1.82) is 0 Å². The lowest BCUT2D eigenvalue weighted by molar-refractivity contribution is 0.332. The Bertz CT molecular complexity index is 923. The van der Waals surface area contributed by atoms with Crippen molar-refractivity contribution < 1.29 is 9.47 Å². The summed E-state index contributed by atoms with van der Waals surface area (Å²) in [6.45, 7) is 5.26. The number of nitrogens with two attached hydrogens (primary N) is 1. The zero-order chi connectivity index (χ0) is 19.8. The summed E-state index contributed by atoms with van der Waals surface area (Å²) in [4.78, 5) is 4.39. The van der Waals surface area contributed by atoms with Crippen LogP contribution in [0, 0.1) is 0 Å². The van der Waals surface area contributed by atoms with E-state index in [4.69, 9.17) is 15.2 Å². The maximum absolute atomic E-state index is 6.09. The molecule has 0 bridgehead atoms. The first-order valence-corrected chi connectivity index (χ1v) is 9.12. The van der Waals surface area contributed by atoms with Crippen LogP contribution in [0.5, 0.6) is 11.5 Å². The van der Waals surface area contributed by atoms with Crippen LogP contribution in [0.4, 0.5) is 5.69 Å². The molecule has 0 saturated carbocycles. The van der Waals surface area contributed by atoms with Crippen LogP contribution < -0.4 is 20.5 Å². The Hall–Kier alpha value is -3.55. The van der Waals surface area contributed by atoms with E-state index in [2.05, 4.69) is 20.5 Å². The van der Waals surface area contributed by atoms with Crippen molar-refractivity contribution in [1.82, 2.24) is 14.8 Å². The lowest BCUT2D eigenvalue weighted by Crippen LogP contribution is -2.23. The molecule has 2 aromatic carbocycles. The van der Waals surface area contributed by atoms with Crippen molar-refractivity contribution in [2.45, 2.75) is 20.4 Å². The molecule has 28 heavy (non-hydrogen) atoms. The van der Waals surface area contributed by atoms with Gasteiger partial charge in [-0.3, -0.25) is 4.57 Å². The van der Waals surface area contributed by atoms with Crippen LogP contribution in [0.2, 0.25) is 0 Å². The SMILES string of the molecule is CCOc1ccc(OCC)c(NC(N)=NCc2nncn2-c2ccccc2)c1. The number of anilines is 1. The van der Waals surface area contributed by atoms with Crippen molar-refractivity contribution in [3.63, 3.8) is 0 Å². The first-order valence-electron chi connectivity index (χ1n) is 9.12. The minimum absolute atomic E-state index is 0.247. The van der Waals surface area contributed by atoms with Crippen LogP contribution in [0.25, 0.3) is 5.69 Å². The van der Waals surface area contributed by atoms with E-state index in [0.717, 1.165) is 11.4 Å². The van der Waals surface area contributed by atoms with Gasteiger partial charge in [0.1, 0.15) is 24.4 Å². The van der Waals surface area contributed by atoms with E-state index < -0.39 is 0 Å². The molecule has 3 aromatic rings. The Balaban J connectivity index is 1.75. The van der Waals surface area contributed by atoms with Crippen molar-refractivity contribution >= 4 is 11.6 Å². The van der Waals surface area contributed by atoms with Crippen LogP contribution in [0.15, 0.2) is 59.9 Å². The molecule has 0 aliphatic heterocycles. The van der Waals surface area contributed by atoms with Crippen LogP contribution >= 0.6 is 0 Å². The molecule has 8 nitrogen and oxygen atoms in total. The molecule has 0 atom stereocenters. The number of nitrogens with zero attached hydrogens (tertiary/aromatic N) is 4. The molecule has 8 heteroatoms. The molecule has 1 aromatic heterocycles. The minimum atomic E-state index is 0.247. The minimum Gasteiger partial charge on any atom is -0.494 e. The average molecular weight is 380 g/mol. The highest BCUT2D eigenvalue weighted by Crippen LogP contribution is 2.29. The standard InChI is InChI=1S/C20H24N6O2/c1-3-27-16-10-11-18(28-4-2)17(12-16)24-20(21)22-13-19-25-23-14-26(19)15-8-6-5-7-9-15/h5-12,14H,3-4,13H2,1-2H3,(H3,21,22,24).